The fourth-order valence-electron chi connectivity index (χ4n) is 2.60. The van der Waals surface area contributed by atoms with Gasteiger partial charge in [0.1, 0.15) is 11.5 Å². The van der Waals surface area contributed by atoms with E-state index in [1.165, 1.54) is 12.1 Å². The molecule has 0 aromatic heterocycles. The molecule has 1 aliphatic rings. The minimum absolute atomic E-state index is 0.0780. The number of halogens is 1. The molecule has 0 saturated carbocycles. The molecule has 2 aromatic rings. The van der Waals surface area contributed by atoms with Crippen molar-refractivity contribution in [3.8, 4) is 0 Å². The van der Waals surface area contributed by atoms with E-state index in [1.54, 1.807) is 24.3 Å². The molecule has 1 aliphatic heterocycles. The summed E-state index contributed by atoms with van der Waals surface area (Å²) < 4.78 is 27.9. The molecule has 8 nitrogen and oxygen atoms in total. The van der Waals surface area contributed by atoms with Gasteiger partial charge in [-0.1, -0.05) is 23.7 Å². The van der Waals surface area contributed by atoms with Crippen molar-refractivity contribution in [2.45, 2.75) is 4.90 Å². The molecule has 2 N–H and O–H groups in total. The Kier molecular flexibility index (Phi) is 5.01. The maximum absolute atomic E-state index is 12.2. The first-order valence-corrected chi connectivity index (χ1v) is 9.57. The molecule has 0 atom stereocenters. The van der Waals surface area contributed by atoms with E-state index in [0.717, 1.165) is 11.0 Å². The van der Waals surface area contributed by atoms with E-state index < -0.39 is 32.7 Å². The highest BCUT2D eigenvalue weighted by molar-refractivity contribution is 7.89. The van der Waals surface area contributed by atoms with Crippen LogP contribution in [0.25, 0.3) is 0 Å². The van der Waals surface area contributed by atoms with Crippen molar-refractivity contribution in [1.29, 1.82) is 0 Å². The Balaban J connectivity index is 1.66. The Morgan fingerprint density at radius 3 is 2.22 bits per heavy atom. The summed E-state index contributed by atoms with van der Waals surface area (Å²) in [6.07, 6.45) is 0. The molecule has 3 rings (SSSR count). The molecule has 10 heteroatoms. The SMILES string of the molecule is NS(=O)(=O)c1cc(C(=O)OCCN2C(=O)c3ccccc3C2=O)ccc1Cl. The van der Waals surface area contributed by atoms with Crippen molar-refractivity contribution in [2.24, 2.45) is 5.14 Å². The first-order chi connectivity index (χ1) is 12.7. The van der Waals surface area contributed by atoms with Crippen molar-refractivity contribution < 1.29 is 27.5 Å². The highest BCUT2D eigenvalue weighted by atomic mass is 35.5. The quantitative estimate of drug-likeness (QED) is 0.589. The number of hydrogen-bond acceptors (Lipinski definition) is 6. The van der Waals surface area contributed by atoms with Crippen LogP contribution in [0.2, 0.25) is 5.02 Å². The van der Waals surface area contributed by atoms with Crippen molar-refractivity contribution in [3.63, 3.8) is 0 Å². The van der Waals surface area contributed by atoms with E-state index in [1.807, 2.05) is 0 Å². The third-order valence-corrected chi connectivity index (χ3v) is 5.29. The zero-order valence-electron chi connectivity index (χ0n) is 13.7. The van der Waals surface area contributed by atoms with Crippen LogP contribution in [0.3, 0.4) is 0 Å². The van der Waals surface area contributed by atoms with E-state index in [9.17, 15) is 22.8 Å². The lowest BCUT2D eigenvalue weighted by atomic mass is 10.1. The number of primary sulfonamides is 1. The van der Waals surface area contributed by atoms with Gasteiger partial charge in [0.05, 0.1) is 28.3 Å². The first-order valence-electron chi connectivity index (χ1n) is 7.65. The number of benzene rings is 2. The van der Waals surface area contributed by atoms with Crippen LogP contribution in [-0.4, -0.2) is 44.3 Å². The maximum atomic E-state index is 12.2. The molecule has 0 fully saturated rings. The summed E-state index contributed by atoms with van der Waals surface area (Å²) in [6, 6.07) is 9.88. The maximum Gasteiger partial charge on any atom is 0.338 e. The second-order valence-electron chi connectivity index (χ2n) is 5.63. The summed E-state index contributed by atoms with van der Waals surface area (Å²) in [5.41, 5.74) is 0.513. The topological polar surface area (TPSA) is 124 Å². The minimum Gasteiger partial charge on any atom is -0.460 e. The number of nitrogens with zero attached hydrogens (tertiary/aromatic N) is 1. The molecular weight excluding hydrogens is 396 g/mol. The molecule has 0 spiro atoms. The summed E-state index contributed by atoms with van der Waals surface area (Å²) in [5, 5.41) is 4.91. The Hall–Kier alpha value is -2.75. The van der Waals surface area contributed by atoms with Gasteiger partial charge in [-0.15, -0.1) is 0 Å². The first kappa shape index (κ1) is 19.0. The minimum atomic E-state index is -4.11. The average Bonchev–Trinajstić information content (AvgIpc) is 2.86. The van der Waals surface area contributed by atoms with Gasteiger partial charge < -0.3 is 4.74 Å². The highest BCUT2D eigenvalue weighted by Crippen LogP contribution is 2.23. The lowest BCUT2D eigenvalue weighted by Gasteiger charge is -2.14. The van der Waals surface area contributed by atoms with Gasteiger partial charge in [0.25, 0.3) is 11.8 Å². The van der Waals surface area contributed by atoms with E-state index in [0.29, 0.717) is 11.1 Å². The number of amides is 2. The van der Waals surface area contributed by atoms with Gasteiger partial charge in [-0.2, -0.15) is 0 Å². The number of hydrogen-bond donors (Lipinski definition) is 1. The van der Waals surface area contributed by atoms with Gasteiger partial charge in [0.2, 0.25) is 10.0 Å². The number of sulfonamides is 1. The lowest BCUT2D eigenvalue weighted by Crippen LogP contribution is -2.33. The summed E-state index contributed by atoms with van der Waals surface area (Å²) >= 11 is 5.76. The fraction of sp³-hybridized carbons (Fsp3) is 0.118. The number of rotatable bonds is 5. The van der Waals surface area contributed by atoms with Crippen molar-refractivity contribution >= 4 is 39.4 Å². The zero-order chi connectivity index (χ0) is 19.8. The fourth-order valence-corrected chi connectivity index (χ4v) is 3.67. The summed E-state index contributed by atoms with van der Waals surface area (Å²) in [6.45, 7) is -0.384. The number of esters is 1. The van der Waals surface area contributed by atoms with Crippen LogP contribution in [0.1, 0.15) is 31.1 Å². The molecule has 0 bridgehead atoms. The van der Waals surface area contributed by atoms with E-state index in [-0.39, 0.29) is 23.7 Å². The molecule has 0 unspecified atom stereocenters. The Morgan fingerprint density at radius 1 is 1.07 bits per heavy atom. The van der Waals surface area contributed by atoms with Crippen LogP contribution in [0.15, 0.2) is 47.4 Å². The van der Waals surface area contributed by atoms with Gasteiger partial charge in [-0.05, 0) is 30.3 Å². The number of ether oxygens (including phenoxy) is 1. The van der Waals surface area contributed by atoms with Gasteiger partial charge in [-0.25, -0.2) is 18.4 Å². The van der Waals surface area contributed by atoms with Crippen LogP contribution in [0.5, 0.6) is 0 Å². The second-order valence-corrected chi connectivity index (χ2v) is 7.57. The van der Waals surface area contributed by atoms with E-state index in [4.69, 9.17) is 21.5 Å². The van der Waals surface area contributed by atoms with Crippen molar-refractivity contribution in [3.05, 3.63) is 64.2 Å². The predicted molar refractivity (Wildman–Crippen MR) is 94.9 cm³/mol. The molecule has 0 aliphatic carbocycles. The smallest absolute Gasteiger partial charge is 0.338 e. The Morgan fingerprint density at radius 2 is 1.67 bits per heavy atom. The summed E-state index contributed by atoms with van der Waals surface area (Å²) in [4.78, 5) is 37.1. The van der Waals surface area contributed by atoms with E-state index in [2.05, 4.69) is 0 Å². The highest BCUT2D eigenvalue weighted by Gasteiger charge is 2.34. The molecule has 0 saturated heterocycles. The normalized spacial score (nSPS) is 13.6. The molecule has 1 heterocycles. The Labute approximate surface area is 159 Å². The van der Waals surface area contributed by atoms with Gasteiger partial charge in [-0.3, -0.25) is 14.5 Å². The standard InChI is InChI=1S/C17H13ClN2O6S/c18-13-6-5-10(9-14(13)27(19,24)25)17(23)26-8-7-20-15(21)11-3-1-2-4-12(11)16(20)22/h1-6,9H,7-8H2,(H2,19,24,25). The monoisotopic (exact) mass is 408 g/mol. The average molecular weight is 409 g/mol. The van der Waals surface area contributed by atoms with Gasteiger partial charge in [0, 0.05) is 0 Å². The summed E-state index contributed by atoms with van der Waals surface area (Å²) in [5.74, 6) is -1.77. The largest absolute Gasteiger partial charge is 0.460 e. The van der Waals surface area contributed by atoms with Crippen molar-refractivity contribution in [1.82, 2.24) is 4.90 Å². The van der Waals surface area contributed by atoms with Crippen LogP contribution < -0.4 is 5.14 Å². The zero-order valence-corrected chi connectivity index (χ0v) is 15.3. The van der Waals surface area contributed by atoms with Crippen LogP contribution in [0, 0.1) is 0 Å². The third-order valence-electron chi connectivity index (χ3n) is 3.90. The third kappa shape index (κ3) is 3.70. The van der Waals surface area contributed by atoms with Crippen LogP contribution in [-0.2, 0) is 14.8 Å². The molecule has 140 valence electrons. The van der Waals surface area contributed by atoms with Gasteiger partial charge >= 0.3 is 5.97 Å². The Bertz CT molecular complexity index is 1030. The molecule has 2 amide bonds. The van der Waals surface area contributed by atoms with Crippen LogP contribution >= 0.6 is 11.6 Å². The summed E-state index contributed by atoms with van der Waals surface area (Å²) in [7, 11) is -4.11. The van der Waals surface area contributed by atoms with E-state index >= 15 is 0 Å². The van der Waals surface area contributed by atoms with Crippen molar-refractivity contribution in [2.75, 3.05) is 13.2 Å². The number of fused-ring (bicyclic) bond motifs is 1. The number of nitrogens with two attached hydrogens (primary N) is 1. The molecular formula is C17H13ClN2O6S. The predicted octanol–water partition coefficient (Wildman–Crippen LogP) is 1.44. The van der Waals surface area contributed by atoms with Crippen LogP contribution in [0.4, 0.5) is 0 Å². The number of carbonyl (C=O) groups excluding carboxylic acids is 3. The number of carbonyl (C=O) groups is 3. The number of imide groups is 1. The molecule has 2 aromatic carbocycles. The lowest BCUT2D eigenvalue weighted by molar-refractivity contribution is 0.0420. The molecule has 0 radical (unpaired) electrons. The molecule has 27 heavy (non-hydrogen) atoms. The van der Waals surface area contributed by atoms with Gasteiger partial charge in [0.15, 0.2) is 0 Å². The second kappa shape index (κ2) is 7.10.